The summed E-state index contributed by atoms with van der Waals surface area (Å²) in [6.07, 6.45) is 4.42. The van der Waals surface area contributed by atoms with Gasteiger partial charge in [-0.3, -0.25) is 9.88 Å². The average molecular weight is 347 g/mol. The van der Waals surface area contributed by atoms with Crippen LogP contribution in [0.4, 0.5) is 5.69 Å². The van der Waals surface area contributed by atoms with Crippen molar-refractivity contribution in [3.05, 3.63) is 36.0 Å². The largest absolute Gasteiger partial charge is 0.368 e. The predicted molar refractivity (Wildman–Crippen MR) is 103 cm³/mol. The molecule has 1 N–H and O–H groups in total. The molecule has 0 saturated carbocycles. The Morgan fingerprint density at radius 2 is 2.15 bits per heavy atom. The molecule has 3 saturated heterocycles. The molecule has 1 aromatic carbocycles. The Morgan fingerprint density at radius 1 is 1.23 bits per heavy atom. The molecule has 0 radical (unpaired) electrons. The summed E-state index contributed by atoms with van der Waals surface area (Å²) in [7, 11) is 0. The number of piperazine rings is 1. The fourth-order valence-electron chi connectivity index (χ4n) is 5.44. The molecule has 0 bridgehead atoms. The third kappa shape index (κ3) is 2.40. The number of nitrogens with zero attached hydrogens (tertiary/aromatic N) is 4. The van der Waals surface area contributed by atoms with Gasteiger partial charge in [0.2, 0.25) is 0 Å². The van der Waals surface area contributed by atoms with Crippen LogP contribution in [0.1, 0.15) is 25.3 Å². The van der Waals surface area contributed by atoms with Crippen molar-refractivity contribution in [2.45, 2.75) is 37.9 Å². The first kappa shape index (κ1) is 16.0. The topological polar surface area (TPSA) is 55.2 Å². The summed E-state index contributed by atoms with van der Waals surface area (Å²) in [5.41, 5.74) is 2.71. The minimum atomic E-state index is 0.545. The molecule has 4 atom stereocenters. The van der Waals surface area contributed by atoms with Crippen molar-refractivity contribution in [3.63, 3.8) is 0 Å². The molecule has 2 unspecified atom stereocenters. The first-order valence-electron chi connectivity index (χ1n) is 9.78. The number of piperidine rings is 1. The van der Waals surface area contributed by atoms with E-state index in [1.165, 1.54) is 31.6 Å². The van der Waals surface area contributed by atoms with Crippen molar-refractivity contribution < 1.29 is 0 Å². The molecule has 5 heteroatoms. The SMILES string of the molecule is C[C@@H]1CN(c2ccc(C#N)c3ncccc23)C[C@@H]2C3CCCNC3CN12. The molecule has 26 heavy (non-hydrogen) atoms. The van der Waals surface area contributed by atoms with Crippen LogP contribution >= 0.6 is 0 Å². The van der Waals surface area contributed by atoms with Crippen LogP contribution in [-0.2, 0) is 0 Å². The van der Waals surface area contributed by atoms with Crippen LogP contribution in [0, 0.1) is 17.2 Å². The van der Waals surface area contributed by atoms with Crippen LogP contribution in [0.15, 0.2) is 30.5 Å². The van der Waals surface area contributed by atoms with Gasteiger partial charge in [-0.2, -0.15) is 5.26 Å². The normalized spacial score (nSPS) is 31.5. The number of nitrogens with one attached hydrogen (secondary N) is 1. The molecule has 5 nitrogen and oxygen atoms in total. The van der Waals surface area contributed by atoms with E-state index in [2.05, 4.69) is 45.2 Å². The standard InChI is InChI=1S/C21H25N5/c1-14-11-25(13-20-16-4-2-8-23-18(16)12-26(14)20)19-7-6-15(10-22)21-17(19)5-3-9-24-21/h3,5-7,9,14,16,18,20,23H,2,4,8,11-13H2,1H3/t14-,16?,18?,20-/m1/s1. The molecule has 0 aliphatic carbocycles. The second-order valence-electron chi connectivity index (χ2n) is 8.03. The van der Waals surface area contributed by atoms with Crippen LogP contribution in [0.3, 0.4) is 0 Å². The number of fused-ring (bicyclic) bond motifs is 4. The highest BCUT2D eigenvalue weighted by atomic mass is 15.3. The number of hydrogen-bond acceptors (Lipinski definition) is 5. The van der Waals surface area contributed by atoms with E-state index < -0.39 is 0 Å². The lowest BCUT2D eigenvalue weighted by Gasteiger charge is -2.45. The van der Waals surface area contributed by atoms with Crippen molar-refractivity contribution in [1.29, 1.82) is 5.26 Å². The lowest BCUT2D eigenvalue weighted by atomic mass is 9.87. The maximum atomic E-state index is 9.41. The van der Waals surface area contributed by atoms with Gasteiger partial charge in [-0.25, -0.2) is 0 Å². The van der Waals surface area contributed by atoms with E-state index >= 15 is 0 Å². The van der Waals surface area contributed by atoms with E-state index in [1.54, 1.807) is 6.20 Å². The van der Waals surface area contributed by atoms with Gasteiger partial charge < -0.3 is 10.2 Å². The molecule has 5 rings (SSSR count). The first-order valence-corrected chi connectivity index (χ1v) is 9.78. The van der Waals surface area contributed by atoms with Crippen molar-refractivity contribution in [3.8, 4) is 6.07 Å². The number of aromatic nitrogens is 1. The van der Waals surface area contributed by atoms with Gasteiger partial charge in [0.1, 0.15) is 6.07 Å². The van der Waals surface area contributed by atoms with Crippen molar-refractivity contribution in [2.75, 3.05) is 31.1 Å². The third-order valence-electron chi connectivity index (χ3n) is 6.63. The number of rotatable bonds is 1. The number of pyridine rings is 1. The zero-order valence-corrected chi connectivity index (χ0v) is 15.2. The van der Waals surface area contributed by atoms with Crippen LogP contribution in [0.25, 0.3) is 10.9 Å². The highest BCUT2D eigenvalue weighted by Gasteiger charge is 2.47. The Hall–Kier alpha value is -2.16. The summed E-state index contributed by atoms with van der Waals surface area (Å²) in [5.74, 6) is 0.761. The third-order valence-corrected chi connectivity index (χ3v) is 6.63. The molecule has 134 valence electrons. The summed E-state index contributed by atoms with van der Waals surface area (Å²) in [5, 5.41) is 14.3. The zero-order chi connectivity index (χ0) is 17.7. The Bertz CT molecular complexity index is 870. The fourth-order valence-corrected chi connectivity index (χ4v) is 5.44. The number of anilines is 1. The molecule has 2 aromatic rings. The van der Waals surface area contributed by atoms with Gasteiger partial charge in [-0.1, -0.05) is 0 Å². The van der Waals surface area contributed by atoms with Crippen LogP contribution in [0.2, 0.25) is 0 Å². The Labute approximate surface area is 154 Å². The Balaban J connectivity index is 1.52. The molecule has 0 spiro atoms. The predicted octanol–water partition coefficient (Wildman–Crippen LogP) is 2.37. The van der Waals surface area contributed by atoms with Crippen LogP contribution in [0.5, 0.6) is 0 Å². The molecular formula is C21H25N5. The molecule has 0 amide bonds. The summed E-state index contributed by atoms with van der Waals surface area (Å²) in [6, 6.07) is 12.3. The first-order chi connectivity index (χ1) is 12.8. The lowest BCUT2D eigenvalue weighted by Crippen LogP contribution is -2.56. The smallest absolute Gasteiger partial charge is 0.101 e. The van der Waals surface area contributed by atoms with E-state index in [1.807, 2.05) is 12.1 Å². The van der Waals surface area contributed by atoms with Gasteiger partial charge >= 0.3 is 0 Å². The highest BCUT2D eigenvalue weighted by Crippen LogP contribution is 2.38. The maximum Gasteiger partial charge on any atom is 0.101 e. The van der Waals surface area contributed by atoms with Gasteiger partial charge in [0.25, 0.3) is 0 Å². The van der Waals surface area contributed by atoms with Gasteiger partial charge in [0, 0.05) is 55.0 Å². The maximum absolute atomic E-state index is 9.41. The van der Waals surface area contributed by atoms with Crippen LogP contribution in [-0.4, -0.2) is 54.2 Å². The van der Waals surface area contributed by atoms with E-state index in [0.29, 0.717) is 23.7 Å². The fraction of sp³-hybridized carbons (Fsp3) is 0.524. The van der Waals surface area contributed by atoms with Gasteiger partial charge in [-0.15, -0.1) is 0 Å². The molecule has 3 fully saturated rings. The minimum absolute atomic E-state index is 0.545. The Morgan fingerprint density at radius 3 is 3.04 bits per heavy atom. The van der Waals surface area contributed by atoms with E-state index in [4.69, 9.17) is 0 Å². The average Bonchev–Trinajstić information content (AvgIpc) is 3.06. The second-order valence-corrected chi connectivity index (χ2v) is 8.03. The molecule has 3 aliphatic rings. The summed E-state index contributed by atoms with van der Waals surface area (Å²) in [6.45, 7) is 6.83. The number of hydrogen-bond donors (Lipinski definition) is 1. The molecule has 1 aromatic heterocycles. The van der Waals surface area contributed by atoms with Crippen LogP contribution < -0.4 is 10.2 Å². The Kier molecular flexibility index (Phi) is 3.84. The van der Waals surface area contributed by atoms with Crippen molar-refractivity contribution in [2.24, 2.45) is 5.92 Å². The summed E-state index contributed by atoms with van der Waals surface area (Å²) < 4.78 is 0. The molecular weight excluding hydrogens is 322 g/mol. The number of benzene rings is 1. The second kappa shape index (κ2) is 6.22. The highest BCUT2D eigenvalue weighted by molar-refractivity contribution is 5.95. The molecule has 4 heterocycles. The van der Waals surface area contributed by atoms with E-state index in [-0.39, 0.29) is 0 Å². The van der Waals surface area contributed by atoms with E-state index in [0.717, 1.165) is 29.9 Å². The number of nitriles is 1. The summed E-state index contributed by atoms with van der Waals surface area (Å²) in [4.78, 5) is 9.76. The zero-order valence-electron chi connectivity index (χ0n) is 15.2. The monoisotopic (exact) mass is 347 g/mol. The minimum Gasteiger partial charge on any atom is -0.368 e. The van der Waals surface area contributed by atoms with Gasteiger partial charge in [0.05, 0.1) is 11.1 Å². The summed E-state index contributed by atoms with van der Waals surface area (Å²) >= 11 is 0. The molecule has 3 aliphatic heterocycles. The quantitative estimate of drug-likeness (QED) is 0.858. The van der Waals surface area contributed by atoms with E-state index in [9.17, 15) is 5.26 Å². The van der Waals surface area contributed by atoms with Crippen molar-refractivity contribution in [1.82, 2.24) is 15.2 Å². The van der Waals surface area contributed by atoms with Crippen molar-refractivity contribution >= 4 is 16.6 Å². The van der Waals surface area contributed by atoms with Gasteiger partial charge in [-0.05, 0) is 56.5 Å². The van der Waals surface area contributed by atoms with Gasteiger partial charge in [0.15, 0.2) is 0 Å². The lowest BCUT2D eigenvalue weighted by molar-refractivity contribution is 0.143.